The molecule has 8 nitrogen and oxygen atoms in total. The van der Waals surface area contributed by atoms with Gasteiger partial charge < -0.3 is 9.64 Å². The van der Waals surface area contributed by atoms with Crippen LogP contribution in [0, 0.1) is 11.3 Å². The Labute approximate surface area is 157 Å². The number of sulfonamides is 1. The molecule has 1 aromatic heterocycles. The molecule has 0 atom stereocenters. The van der Waals surface area contributed by atoms with E-state index in [1.807, 2.05) is 11.0 Å². The van der Waals surface area contributed by atoms with Crippen molar-refractivity contribution in [2.75, 3.05) is 38.2 Å². The van der Waals surface area contributed by atoms with Crippen LogP contribution < -0.4 is 4.90 Å². The molecular formula is C18H18N4O4S. The van der Waals surface area contributed by atoms with Crippen LogP contribution in [-0.2, 0) is 14.8 Å². The van der Waals surface area contributed by atoms with Gasteiger partial charge in [0.15, 0.2) is 0 Å². The highest BCUT2D eigenvalue weighted by molar-refractivity contribution is 7.89. The lowest BCUT2D eigenvalue weighted by atomic mass is 10.2. The summed E-state index contributed by atoms with van der Waals surface area (Å²) >= 11 is 0. The molecule has 0 saturated carbocycles. The summed E-state index contributed by atoms with van der Waals surface area (Å²) < 4.78 is 32.1. The standard InChI is InChI=1S/C18H18N4O4S/c1-26-18(23)15-4-2-3-5-16(15)27(24,25)22-10-8-21(9-11-22)17-7-6-14(12-19)13-20-17/h2-7,13H,8-11H2,1H3. The second-order valence-electron chi connectivity index (χ2n) is 5.90. The summed E-state index contributed by atoms with van der Waals surface area (Å²) in [5.41, 5.74) is 0.496. The minimum atomic E-state index is -3.82. The van der Waals surface area contributed by atoms with Gasteiger partial charge in [0.25, 0.3) is 0 Å². The number of methoxy groups -OCH3 is 1. The Hall–Kier alpha value is -2.96. The van der Waals surface area contributed by atoms with Crippen LogP contribution in [0.25, 0.3) is 0 Å². The van der Waals surface area contributed by atoms with E-state index < -0.39 is 16.0 Å². The van der Waals surface area contributed by atoms with Crippen molar-refractivity contribution >= 4 is 21.8 Å². The lowest BCUT2D eigenvalue weighted by molar-refractivity contribution is 0.0596. The minimum absolute atomic E-state index is 0.0242. The lowest BCUT2D eigenvalue weighted by Crippen LogP contribution is -2.49. The van der Waals surface area contributed by atoms with Gasteiger partial charge in [-0.3, -0.25) is 0 Å². The number of nitrogens with zero attached hydrogens (tertiary/aromatic N) is 4. The predicted octanol–water partition coefficient (Wildman–Crippen LogP) is 1.25. The Morgan fingerprint density at radius 1 is 1.15 bits per heavy atom. The largest absolute Gasteiger partial charge is 0.465 e. The summed E-state index contributed by atoms with van der Waals surface area (Å²) in [5, 5.41) is 8.84. The highest BCUT2D eigenvalue weighted by Gasteiger charge is 2.32. The first-order chi connectivity index (χ1) is 13.0. The van der Waals surface area contributed by atoms with E-state index in [-0.39, 0.29) is 23.5 Å². The molecule has 2 aromatic rings. The lowest BCUT2D eigenvalue weighted by Gasteiger charge is -2.34. The van der Waals surface area contributed by atoms with E-state index in [0.717, 1.165) is 0 Å². The van der Waals surface area contributed by atoms with Gasteiger partial charge >= 0.3 is 5.97 Å². The summed E-state index contributed by atoms with van der Waals surface area (Å²) in [4.78, 5) is 18.1. The van der Waals surface area contributed by atoms with E-state index in [0.29, 0.717) is 24.5 Å². The maximum Gasteiger partial charge on any atom is 0.339 e. The molecule has 0 spiro atoms. The minimum Gasteiger partial charge on any atom is -0.465 e. The highest BCUT2D eigenvalue weighted by atomic mass is 32.2. The molecule has 0 N–H and O–H groups in total. The van der Waals surface area contributed by atoms with Crippen LogP contribution in [0.4, 0.5) is 5.82 Å². The maximum absolute atomic E-state index is 13.0. The molecule has 0 radical (unpaired) electrons. The molecule has 0 aliphatic carbocycles. The zero-order valence-electron chi connectivity index (χ0n) is 14.7. The molecule has 2 heterocycles. The van der Waals surface area contributed by atoms with Crippen molar-refractivity contribution in [3.63, 3.8) is 0 Å². The first kappa shape index (κ1) is 18.8. The van der Waals surface area contributed by atoms with Gasteiger partial charge in [-0.15, -0.1) is 0 Å². The summed E-state index contributed by atoms with van der Waals surface area (Å²) in [5.74, 6) is 0.00982. The van der Waals surface area contributed by atoms with E-state index in [4.69, 9.17) is 10.00 Å². The fraction of sp³-hybridized carbons (Fsp3) is 0.278. The number of pyridine rings is 1. The first-order valence-corrected chi connectivity index (χ1v) is 9.70. The number of anilines is 1. The van der Waals surface area contributed by atoms with Crippen molar-refractivity contribution in [3.8, 4) is 6.07 Å². The van der Waals surface area contributed by atoms with E-state index in [1.54, 1.807) is 24.3 Å². The third-order valence-electron chi connectivity index (χ3n) is 4.35. The molecule has 1 aliphatic rings. The summed E-state index contributed by atoms with van der Waals surface area (Å²) in [6, 6.07) is 11.5. The zero-order valence-corrected chi connectivity index (χ0v) is 15.5. The van der Waals surface area contributed by atoms with Crippen LogP contribution in [0.3, 0.4) is 0 Å². The Balaban J connectivity index is 1.77. The fourth-order valence-electron chi connectivity index (χ4n) is 2.91. The Bertz CT molecular complexity index is 975. The molecule has 27 heavy (non-hydrogen) atoms. The molecule has 1 aliphatic heterocycles. The van der Waals surface area contributed by atoms with Gasteiger partial charge in [0.05, 0.1) is 23.1 Å². The van der Waals surface area contributed by atoms with Gasteiger partial charge in [-0.2, -0.15) is 9.57 Å². The number of hydrogen-bond donors (Lipinski definition) is 0. The van der Waals surface area contributed by atoms with Crippen LogP contribution in [0.5, 0.6) is 0 Å². The average molecular weight is 386 g/mol. The third-order valence-corrected chi connectivity index (χ3v) is 6.31. The number of ether oxygens (including phenoxy) is 1. The third kappa shape index (κ3) is 3.77. The van der Waals surface area contributed by atoms with Crippen molar-refractivity contribution in [3.05, 3.63) is 53.7 Å². The predicted molar refractivity (Wildman–Crippen MR) is 97.7 cm³/mol. The van der Waals surface area contributed by atoms with Gasteiger partial charge in [-0.05, 0) is 24.3 Å². The van der Waals surface area contributed by atoms with Gasteiger partial charge in [0.1, 0.15) is 11.9 Å². The Kier molecular flexibility index (Phi) is 5.39. The monoisotopic (exact) mass is 386 g/mol. The number of piperazine rings is 1. The number of carbonyl (C=O) groups is 1. The molecule has 1 fully saturated rings. The molecule has 0 amide bonds. The van der Waals surface area contributed by atoms with Gasteiger partial charge in [-0.25, -0.2) is 18.2 Å². The number of hydrogen-bond acceptors (Lipinski definition) is 7. The van der Waals surface area contributed by atoms with Gasteiger partial charge in [0, 0.05) is 32.4 Å². The van der Waals surface area contributed by atoms with Crippen molar-refractivity contribution in [2.45, 2.75) is 4.90 Å². The summed E-state index contributed by atoms with van der Waals surface area (Å²) in [6.07, 6.45) is 1.49. The highest BCUT2D eigenvalue weighted by Crippen LogP contribution is 2.23. The van der Waals surface area contributed by atoms with Crippen molar-refractivity contribution in [1.82, 2.24) is 9.29 Å². The SMILES string of the molecule is COC(=O)c1ccccc1S(=O)(=O)N1CCN(c2ccc(C#N)cn2)CC1. The van der Waals surface area contributed by atoms with E-state index in [1.165, 1.54) is 29.7 Å². The van der Waals surface area contributed by atoms with Crippen molar-refractivity contribution in [2.24, 2.45) is 0 Å². The summed E-state index contributed by atoms with van der Waals surface area (Å²) in [7, 11) is -2.60. The van der Waals surface area contributed by atoms with E-state index in [2.05, 4.69) is 4.98 Å². The second kappa shape index (κ2) is 7.73. The average Bonchev–Trinajstić information content (AvgIpc) is 2.73. The van der Waals surface area contributed by atoms with Gasteiger partial charge in [-0.1, -0.05) is 12.1 Å². The summed E-state index contributed by atoms with van der Waals surface area (Å²) in [6.45, 7) is 1.44. The normalized spacial score (nSPS) is 15.2. The van der Waals surface area contributed by atoms with Crippen molar-refractivity contribution in [1.29, 1.82) is 5.26 Å². The molecule has 140 valence electrons. The zero-order chi connectivity index (χ0) is 19.4. The molecule has 1 aromatic carbocycles. The van der Waals surface area contributed by atoms with Gasteiger partial charge in [0.2, 0.25) is 10.0 Å². The van der Waals surface area contributed by atoms with E-state index >= 15 is 0 Å². The fourth-order valence-corrected chi connectivity index (χ4v) is 4.51. The Morgan fingerprint density at radius 3 is 2.44 bits per heavy atom. The topological polar surface area (TPSA) is 104 Å². The van der Waals surface area contributed by atoms with Crippen LogP contribution in [-0.4, -0.2) is 57.0 Å². The van der Waals surface area contributed by atoms with Crippen LogP contribution in [0.1, 0.15) is 15.9 Å². The molecular weight excluding hydrogens is 368 g/mol. The molecule has 0 unspecified atom stereocenters. The van der Waals surface area contributed by atoms with Crippen molar-refractivity contribution < 1.29 is 17.9 Å². The molecule has 0 bridgehead atoms. The maximum atomic E-state index is 13.0. The quantitative estimate of drug-likeness (QED) is 0.729. The second-order valence-corrected chi connectivity index (χ2v) is 7.80. The number of aromatic nitrogens is 1. The molecule has 3 rings (SSSR count). The number of carbonyl (C=O) groups excluding carboxylic acids is 1. The van der Waals surface area contributed by atoms with Crippen LogP contribution >= 0.6 is 0 Å². The first-order valence-electron chi connectivity index (χ1n) is 8.26. The number of nitriles is 1. The number of esters is 1. The smallest absolute Gasteiger partial charge is 0.339 e. The molecule has 1 saturated heterocycles. The number of rotatable bonds is 4. The molecule has 9 heteroatoms. The van der Waals surface area contributed by atoms with Crippen LogP contribution in [0.15, 0.2) is 47.5 Å². The Morgan fingerprint density at radius 2 is 1.85 bits per heavy atom. The van der Waals surface area contributed by atoms with E-state index in [9.17, 15) is 13.2 Å². The van der Waals surface area contributed by atoms with Crippen LogP contribution in [0.2, 0.25) is 0 Å². The number of benzene rings is 1.